The fourth-order valence-corrected chi connectivity index (χ4v) is 2.67. The van der Waals surface area contributed by atoms with Crippen LogP contribution in [-0.4, -0.2) is 61.5 Å². The topological polar surface area (TPSA) is 35.6 Å². The van der Waals surface area contributed by atoms with Gasteiger partial charge in [-0.05, 0) is 31.8 Å². The maximum atomic E-state index is 11.2. The molecule has 2 fully saturated rings. The SMILES string of the molecule is CC(=O)N1CCN(CC2CCNCC2)CC1. The van der Waals surface area contributed by atoms with Crippen molar-refractivity contribution in [2.24, 2.45) is 5.92 Å². The molecular weight excluding hydrogens is 202 g/mol. The molecule has 4 heteroatoms. The number of carbonyl (C=O) groups is 1. The molecule has 0 saturated carbocycles. The quantitative estimate of drug-likeness (QED) is 0.726. The third-order valence-electron chi connectivity index (χ3n) is 3.79. The Kier molecular flexibility index (Phi) is 4.18. The molecule has 4 nitrogen and oxygen atoms in total. The minimum absolute atomic E-state index is 0.224. The lowest BCUT2D eigenvalue weighted by molar-refractivity contribution is -0.130. The maximum Gasteiger partial charge on any atom is 0.219 e. The lowest BCUT2D eigenvalue weighted by Gasteiger charge is -2.36. The smallest absolute Gasteiger partial charge is 0.219 e. The molecule has 0 aromatic heterocycles. The van der Waals surface area contributed by atoms with Gasteiger partial charge in [-0.2, -0.15) is 0 Å². The van der Waals surface area contributed by atoms with Gasteiger partial charge in [0.05, 0.1) is 0 Å². The van der Waals surface area contributed by atoms with Crippen LogP contribution >= 0.6 is 0 Å². The molecular formula is C12H23N3O. The molecule has 0 aliphatic carbocycles. The van der Waals surface area contributed by atoms with Crippen molar-refractivity contribution >= 4 is 5.91 Å². The van der Waals surface area contributed by atoms with Crippen LogP contribution in [0.25, 0.3) is 0 Å². The molecule has 0 atom stereocenters. The van der Waals surface area contributed by atoms with Crippen molar-refractivity contribution in [3.05, 3.63) is 0 Å². The van der Waals surface area contributed by atoms with Gasteiger partial charge in [0, 0.05) is 39.6 Å². The first-order valence-corrected chi connectivity index (χ1v) is 6.44. The Morgan fingerprint density at radius 2 is 1.81 bits per heavy atom. The Morgan fingerprint density at radius 1 is 1.19 bits per heavy atom. The van der Waals surface area contributed by atoms with Crippen molar-refractivity contribution in [1.82, 2.24) is 15.1 Å². The Balaban J connectivity index is 1.70. The van der Waals surface area contributed by atoms with Gasteiger partial charge in [0.1, 0.15) is 0 Å². The molecule has 0 radical (unpaired) electrons. The number of hydrogen-bond acceptors (Lipinski definition) is 3. The third kappa shape index (κ3) is 3.19. The molecule has 92 valence electrons. The van der Waals surface area contributed by atoms with Crippen LogP contribution in [-0.2, 0) is 4.79 Å². The molecule has 16 heavy (non-hydrogen) atoms. The zero-order valence-electron chi connectivity index (χ0n) is 10.2. The van der Waals surface area contributed by atoms with E-state index >= 15 is 0 Å². The van der Waals surface area contributed by atoms with Crippen LogP contribution in [0.15, 0.2) is 0 Å². The Morgan fingerprint density at radius 3 is 2.38 bits per heavy atom. The average molecular weight is 225 g/mol. The molecule has 0 unspecified atom stereocenters. The molecule has 2 aliphatic rings. The van der Waals surface area contributed by atoms with E-state index in [0.717, 1.165) is 32.1 Å². The third-order valence-corrected chi connectivity index (χ3v) is 3.79. The molecule has 1 N–H and O–H groups in total. The maximum absolute atomic E-state index is 11.2. The first kappa shape index (κ1) is 11.9. The minimum atomic E-state index is 0.224. The van der Waals surface area contributed by atoms with Crippen LogP contribution in [0, 0.1) is 5.92 Å². The van der Waals surface area contributed by atoms with E-state index < -0.39 is 0 Å². The van der Waals surface area contributed by atoms with Gasteiger partial charge < -0.3 is 10.2 Å². The van der Waals surface area contributed by atoms with Crippen molar-refractivity contribution < 1.29 is 4.79 Å². The predicted octanol–water partition coefficient (Wildman–Crippen LogP) is 0.150. The van der Waals surface area contributed by atoms with Crippen LogP contribution in [0.5, 0.6) is 0 Å². The van der Waals surface area contributed by atoms with Gasteiger partial charge in [-0.3, -0.25) is 9.69 Å². The number of piperidine rings is 1. The van der Waals surface area contributed by atoms with Crippen LogP contribution in [0.4, 0.5) is 0 Å². The highest BCUT2D eigenvalue weighted by Gasteiger charge is 2.21. The summed E-state index contributed by atoms with van der Waals surface area (Å²) in [6.07, 6.45) is 2.62. The van der Waals surface area contributed by atoms with E-state index in [9.17, 15) is 4.79 Å². The van der Waals surface area contributed by atoms with Crippen molar-refractivity contribution in [3.63, 3.8) is 0 Å². The summed E-state index contributed by atoms with van der Waals surface area (Å²) in [4.78, 5) is 15.7. The first-order chi connectivity index (χ1) is 7.75. The highest BCUT2D eigenvalue weighted by atomic mass is 16.2. The van der Waals surface area contributed by atoms with Crippen molar-refractivity contribution in [1.29, 1.82) is 0 Å². The van der Waals surface area contributed by atoms with E-state index in [1.165, 1.54) is 32.5 Å². The molecule has 0 aromatic carbocycles. The number of amides is 1. The highest BCUT2D eigenvalue weighted by molar-refractivity contribution is 5.73. The standard InChI is InChI=1S/C12H23N3O/c1-11(16)15-8-6-14(7-9-15)10-12-2-4-13-5-3-12/h12-13H,2-10H2,1H3. The van der Waals surface area contributed by atoms with Gasteiger partial charge in [0.15, 0.2) is 0 Å². The number of nitrogens with one attached hydrogen (secondary N) is 1. The molecule has 0 bridgehead atoms. The number of nitrogens with zero attached hydrogens (tertiary/aromatic N) is 2. The lowest BCUT2D eigenvalue weighted by Crippen LogP contribution is -2.49. The average Bonchev–Trinajstić information content (AvgIpc) is 2.31. The van der Waals surface area contributed by atoms with E-state index in [1.54, 1.807) is 6.92 Å². The van der Waals surface area contributed by atoms with E-state index in [-0.39, 0.29) is 5.91 Å². The highest BCUT2D eigenvalue weighted by Crippen LogP contribution is 2.14. The van der Waals surface area contributed by atoms with E-state index in [1.807, 2.05) is 4.90 Å². The Bertz CT molecular complexity index is 230. The Hall–Kier alpha value is -0.610. The summed E-state index contributed by atoms with van der Waals surface area (Å²) < 4.78 is 0. The fraction of sp³-hybridized carbons (Fsp3) is 0.917. The van der Waals surface area contributed by atoms with Crippen LogP contribution in [0.2, 0.25) is 0 Å². The van der Waals surface area contributed by atoms with Crippen molar-refractivity contribution in [2.75, 3.05) is 45.8 Å². The molecule has 1 amide bonds. The van der Waals surface area contributed by atoms with E-state index in [4.69, 9.17) is 0 Å². The minimum Gasteiger partial charge on any atom is -0.340 e. The summed E-state index contributed by atoms with van der Waals surface area (Å²) in [5.74, 6) is 1.09. The summed E-state index contributed by atoms with van der Waals surface area (Å²) in [7, 11) is 0. The molecule has 2 heterocycles. The normalized spacial score (nSPS) is 24.7. The lowest BCUT2D eigenvalue weighted by atomic mass is 9.97. The summed E-state index contributed by atoms with van der Waals surface area (Å²) in [6.45, 7) is 9.21. The van der Waals surface area contributed by atoms with Crippen molar-refractivity contribution in [3.8, 4) is 0 Å². The Labute approximate surface area is 98.0 Å². The fourth-order valence-electron chi connectivity index (χ4n) is 2.67. The number of carbonyl (C=O) groups excluding carboxylic acids is 1. The van der Waals surface area contributed by atoms with Crippen LogP contribution < -0.4 is 5.32 Å². The number of piperazine rings is 1. The van der Waals surface area contributed by atoms with Gasteiger partial charge in [-0.15, -0.1) is 0 Å². The monoisotopic (exact) mass is 225 g/mol. The van der Waals surface area contributed by atoms with E-state index in [0.29, 0.717) is 0 Å². The van der Waals surface area contributed by atoms with Gasteiger partial charge in [-0.1, -0.05) is 0 Å². The largest absolute Gasteiger partial charge is 0.340 e. The summed E-state index contributed by atoms with van der Waals surface area (Å²) >= 11 is 0. The summed E-state index contributed by atoms with van der Waals surface area (Å²) in [5.41, 5.74) is 0. The zero-order chi connectivity index (χ0) is 11.4. The second-order valence-electron chi connectivity index (χ2n) is 5.00. The van der Waals surface area contributed by atoms with Gasteiger partial charge in [0.2, 0.25) is 5.91 Å². The second-order valence-corrected chi connectivity index (χ2v) is 5.00. The summed E-state index contributed by atoms with van der Waals surface area (Å²) in [6, 6.07) is 0. The molecule has 2 saturated heterocycles. The second kappa shape index (κ2) is 5.64. The summed E-state index contributed by atoms with van der Waals surface area (Å²) in [5, 5.41) is 3.40. The van der Waals surface area contributed by atoms with Crippen LogP contribution in [0.1, 0.15) is 19.8 Å². The molecule has 2 aliphatic heterocycles. The first-order valence-electron chi connectivity index (χ1n) is 6.44. The molecule has 0 aromatic rings. The number of rotatable bonds is 2. The molecule has 0 spiro atoms. The zero-order valence-corrected chi connectivity index (χ0v) is 10.2. The predicted molar refractivity (Wildman–Crippen MR) is 64.3 cm³/mol. The number of hydrogen-bond donors (Lipinski definition) is 1. The van der Waals surface area contributed by atoms with E-state index in [2.05, 4.69) is 10.2 Å². The van der Waals surface area contributed by atoms with Gasteiger partial charge in [-0.25, -0.2) is 0 Å². The van der Waals surface area contributed by atoms with Crippen molar-refractivity contribution in [2.45, 2.75) is 19.8 Å². The van der Waals surface area contributed by atoms with Gasteiger partial charge in [0.25, 0.3) is 0 Å². The molecule has 2 rings (SSSR count). The van der Waals surface area contributed by atoms with Gasteiger partial charge >= 0.3 is 0 Å². The van der Waals surface area contributed by atoms with Crippen LogP contribution in [0.3, 0.4) is 0 Å².